The third-order valence-corrected chi connectivity index (χ3v) is 3.39. The molecule has 0 unspecified atom stereocenters. The molecule has 1 aromatic heterocycles. The van der Waals surface area contributed by atoms with Crippen molar-refractivity contribution in [2.24, 2.45) is 0 Å². The molecule has 1 aromatic carbocycles. The molecule has 0 aliphatic heterocycles. The van der Waals surface area contributed by atoms with E-state index in [1.54, 1.807) is 0 Å². The number of methoxy groups -OCH3 is 1. The second-order valence-electron chi connectivity index (χ2n) is 4.08. The second-order valence-corrected chi connectivity index (χ2v) is 4.86. The lowest BCUT2D eigenvalue weighted by molar-refractivity contribution is -0.115. The summed E-state index contributed by atoms with van der Waals surface area (Å²) >= 11 is 1.53. The molecule has 0 saturated heterocycles. The third kappa shape index (κ3) is 3.36. The molecule has 0 spiro atoms. The number of hydrogen-bond donors (Lipinski definition) is 2. The molecule has 0 aliphatic carbocycles. The van der Waals surface area contributed by atoms with E-state index < -0.39 is 5.97 Å². The zero-order chi connectivity index (χ0) is 14.5. The largest absolute Gasteiger partial charge is 0.496 e. The molecule has 0 aliphatic rings. The molecule has 0 saturated carbocycles. The molecule has 104 valence electrons. The van der Waals surface area contributed by atoms with Gasteiger partial charge in [0.25, 0.3) is 0 Å². The summed E-state index contributed by atoms with van der Waals surface area (Å²) in [5.74, 6) is -1.02. The number of carbonyl (C=O) groups excluding carboxylic acids is 1. The molecule has 2 N–H and O–H groups in total. The van der Waals surface area contributed by atoms with Crippen molar-refractivity contribution in [1.82, 2.24) is 0 Å². The number of carbonyl (C=O) groups is 2. The lowest BCUT2D eigenvalue weighted by atomic mass is 10.1. The van der Waals surface area contributed by atoms with Crippen LogP contribution in [-0.2, 0) is 11.2 Å². The van der Waals surface area contributed by atoms with Crippen molar-refractivity contribution < 1.29 is 19.4 Å². The Morgan fingerprint density at radius 2 is 2.15 bits per heavy atom. The number of amides is 1. The lowest BCUT2D eigenvalue weighted by Crippen LogP contribution is -2.14. The summed E-state index contributed by atoms with van der Waals surface area (Å²) in [6.07, 6.45) is 0.284. The van der Waals surface area contributed by atoms with Crippen LogP contribution in [0.4, 0.5) is 5.69 Å². The topological polar surface area (TPSA) is 75.6 Å². The van der Waals surface area contributed by atoms with Crippen molar-refractivity contribution in [3.05, 3.63) is 46.2 Å². The summed E-state index contributed by atoms with van der Waals surface area (Å²) in [7, 11) is 1.39. The number of thiophene rings is 1. The van der Waals surface area contributed by atoms with Crippen LogP contribution in [0.1, 0.15) is 15.9 Å². The minimum absolute atomic E-state index is 0.0586. The third-order valence-electron chi connectivity index (χ3n) is 2.66. The Morgan fingerprint density at radius 3 is 2.75 bits per heavy atom. The molecular weight excluding hydrogens is 278 g/mol. The summed E-state index contributed by atoms with van der Waals surface area (Å²) in [5.41, 5.74) is 1.51. The molecule has 6 heteroatoms. The number of carboxylic acid groups (broad SMARTS) is 1. The molecule has 5 nitrogen and oxygen atoms in total. The highest BCUT2D eigenvalue weighted by Gasteiger charge is 2.12. The zero-order valence-corrected chi connectivity index (χ0v) is 11.6. The highest BCUT2D eigenvalue weighted by atomic mass is 32.1. The summed E-state index contributed by atoms with van der Waals surface area (Å²) in [6.45, 7) is 0. The molecule has 2 rings (SSSR count). The van der Waals surface area contributed by atoms with Crippen LogP contribution in [0.3, 0.4) is 0 Å². The summed E-state index contributed by atoms with van der Waals surface area (Å²) in [6, 6.07) is 6.33. The highest BCUT2D eigenvalue weighted by Crippen LogP contribution is 2.23. The molecular formula is C14H13NO4S. The quantitative estimate of drug-likeness (QED) is 0.888. The van der Waals surface area contributed by atoms with Gasteiger partial charge in [0.2, 0.25) is 5.91 Å². The van der Waals surface area contributed by atoms with E-state index in [0.29, 0.717) is 5.69 Å². The predicted molar refractivity (Wildman–Crippen MR) is 76.6 cm³/mol. The van der Waals surface area contributed by atoms with Crippen LogP contribution in [-0.4, -0.2) is 24.1 Å². The van der Waals surface area contributed by atoms with E-state index in [-0.39, 0.29) is 23.6 Å². The molecule has 0 radical (unpaired) electrons. The fraction of sp³-hybridized carbons (Fsp3) is 0.143. The van der Waals surface area contributed by atoms with E-state index in [4.69, 9.17) is 9.84 Å². The van der Waals surface area contributed by atoms with Crippen LogP contribution >= 0.6 is 11.3 Å². The minimum atomic E-state index is -1.07. The zero-order valence-electron chi connectivity index (χ0n) is 10.8. The van der Waals surface area contributed by atoms with Crippen molar-refractivity contribution >= 4 is 28.9 Å². The molecule has 2 aromatic rings. The Bertz CT molecular complexity index is 622. The highest BCUT2D eigenvalue weighted by molar-refractivity contribution is 7.08. The van der Waals surface area contributed by atoms with E-state index >= 15 is 0 Å². The lowest BCUT2D eigenvalue weighted by Gasteiger charge is -2.09. The molecule has 0 bridgehead atoms. The van der Waals surface area contributed by atoms with Gasteiger partial charge in [0.05, 0.1) is 13.5 Å². The fourth-order valence-electron chi connectivity index (χ4n) is 1.73. The van der Waals surface area contributed by atoms with Crippen molar-refractivity contribution in [2.45, 2.75) is 6.42 Å². The maximum Gasteiger partial charge on any atom is 0.339 e. The van der Waals surface area contributed by atoms with Crippen molar-refractivity contribution in [2.75, 3.05) is 12.4 Å². The van der Waals surface area contributed by atoms with Gasteiger partial charge in [0, 0.05) is 11.8 Å². The van der Waals surface area contributed by atoms with Gasteiger partial charge >= 0.3 is 5.97 Å². The number of rotatable bonds is 5. The van der Waals surface area contributed by atoms with Crippen LogP contribution < -0.4 is 10.1 Å². The molecule has 1 heterocycles. The number of anilines is 1. The Labute approximate surface area is 119 Å². The standard InChI is InChI=1S/C14H13NO4S/c1-19-12-7-10(2-3-11(12)14(17)18)15-13(16)6-9-4-5-20-8-9/h2-5,7-8H,6H2,1H3,(H,15,16)(H,17,18). The van der Waals surface area contributed by atoms with Crippen LogP contribution in [0.5, 0.6) is 5.75 Å². The first kappa shape index (κ1) is 14.1. The SMILES string of the molecule is COc1cc(NC(=O)Cc2ccsc2)ccc1C(=O)O. The number of hydrogen-bond acceptors (Lipinski definition) is 4. The number of aromatic carboxylic acids is 1. The smallest absolute Gasteiger partial charge is 0.339 e. The maximum absolute atomic E-state index is 11.8. The van der Waals surface area contributed by atoms with Crippen LogP contribution in [0, 0.1) is 0 Å². The van der Waals surface area contributed by atoms with E-state index in [1.807, 2.05) is 16.8 Å². The number of ether oxygens (including phenoxy) is 1. The Kier molecular flexibility index (Phi) is 4.37. The summed E-state index contributed by atoms with van der Waals surface area (Å²) in [4.78, 5) is 22.8. The van der Waals surface area contributed by atoms with Gasteiger partial charge < -0.3 is 15.2 Å². The average molecular weight is 291 g/mol. The number of nitrogens with one attached hydrogen (secondary N) is 1. The van der Waals surface area contributed by atoms with Gasteiger partial charge in [-0.2, -0.15) is 11.3 Å². The molecule has 20 heavy (non-hydrogen) atoms. The van der Waals surface area contributed by atoms with Crippen LogP contribution in [0.15, 0.2) is 35.0 Å². The van der Waals surface area contributed by atoms with Crippen molar-refractivity contribution in [3.8, 4) is 5.75 Å². The monoisotopic (exact) mass is 291 g/mol. The van der Waals surface area contributed by atoms with Crippen molar-refractivity contribution in [1.29, 1.82) is 0 Å². The first-order valence-electron chi connectivity index (χ1n) is 5.82. The first-order chi connectivity index (χ1) is 9.60. The molecule has 1 amide bonds. The molecule has 0 atom stereocenters. The number of benzene rings is 1. The Balaban J connectivity index is 2.09. The van der Waals surface area contributed by atoms with Gasteiger partial charge in [0.1, 0.15) is 11.3 Å². The Morgan fingerprint density at radius 1 is 1.35 bits per heavy atom. The van der Waals surface area contributed by atoms with E-state index in [0.717, 1.165) is 5.56 Å². The predicted octanol–water partition coefficient (Wildman–Crippen LogP) is 2.64. The van der Waals surface area contributed by atoms with Gasteiger partial charge in [0.15, 0.2) is 0 Å². The summed E-state index contributed by atoms with van der Waals surface area (Å²) < 4.78 is 5.00. The summed E-state index contributed by atoms with van der Waals surface area (Å²) in [5, 5.41) is 15.5. The van der Waals surface area contributed by atoms with Gasteiger partial charge in [-0.25, -0.2) is 4.79 Å². The van der Waals surface area contributed by atoms with Gasteiger partial charge in [-0.15, -0.1) is 0 Å². The Hall–Kier alpha value is -2.34. The second kappa shape index (κ2) is 6.21. The van der Waals surface area contributed by atoms with Gasteiger partial charge in [-0.3, -0.25) is 4.79 Å². The van der Waals surface area contributed by atoms with Gasteiger partial charge in [-0.05, 0) is 34.5 Å². The van der Waals surface area contributed by atoms with Crippen LogP contribution in [0.2, 0.25) is 0 Å². The van der Waals surface area contributed by atoms with E-state index in [9.17, 15) is 9.59 Å². The first-order valence-corrected chi connectivity index (χ1v) is 6.76. The normalized spacial score (nSPS) is 10.1. The van der Waals surface area contributed by atoms with E-state index in [1.165, 1.54) is 36.6 Å². The van der Waals surface area contributed by atoms with E-state index in [2.05, 4.69) is 5.32 Å². The van der Waals surface area contributed by atoms with Crippen molar-refractivity contribution in [3.63, 3.8) is 0 Å². The average Bonchev–Trinajstić information content (AvgIpc) is 2.90. The fourth-order valence-corrected chi connectivity index (χ4v) is 2.40. The number of carboxylic acids is 1. The van der Waals surface area contributed by atoms with Gasteiger partial charge in [-0.1, -0.05) is 0 Å². The molecule has 0 fully saturated rings. The minimum Gasteiger partial charge on any atom is -0.496 e. The maximum atomic E-state index is 11.8. The van der Waals surface area contributed by atoms with Crippen LogP contribution in [0.25, 0.3) is 0 Å².